The van der Waals surface area contributed by atoms with Crippen LogP contribution < -0.4 is 5.32 Å². The number of benzene rings is 1. The van der Waals surface area contributed by atoms with Gasteiger partial charge in [-0.15, -0.1) is 0 Å². The summed E-state index contributed by atoms with van der Waals surface area (Å²) in [6, 6.07) is 4.79. The number of hydrogen-bond donors (Lipinski definition) is 2. The van der Waals surface area contributed by atoms with Crippen LogP contribution in [0.15, 0.2) is 22.7 Å². The Labute approximate surface area is 118 Å². The van der Waals surface area contributed by atoms with Gasteiger partial charge >= 0.3 is 0 Å². The molecule has 0 aromatic heterocycles. The zero-order chi connectivity index (χ0) is 12.8. The van der Waals surface area contributed by atoms with Crippen LogP contribution in [0.3, 0.4) is 0 Å². The molecule has 0 aliphatic carbocycles. The molecular weight excluding hydrogens is 350 g/mol. The Morgan fingerprint density at radius 3 is 2.88 bits per heavy atom. The lowest BCUT2D eigenvalue weighted by Crippen LogP contribution is -2.29. The van der Waals surface area contributed by atoms with Crippen molar-refractivity contribution in [3.8, 4) is 5.75 Å². The van der Waals surface area contributed by atoms with Crippen LogP contribution in [0, 0.1) is 0 Å². The number of rotatable bonds is 5. The number of phenolic OH excluding ortho intramolecular Hbond substituents is 1. The van der Waals surface area contributed by atoms with E-state index in [-0.39, 0.29) is 22.0 Å². The number of halogens is 2. The van der Waals surface area contributed by atoms with E-state index in [4.69, 9.17) is 0 Å². The lowest BCUT2D eigenvalue weighted by molar-refractivity contribution is 0.0951. The number of carbonyl (C=O) groups excluding carboxylic acids is 1. The number of phenols is 1. The van der Waals surface area contributed by atoms with E-state index in [1.807, 2.05) is 0 Å². The highest BCUT2D eigenvalue weighted by molar-refractivity contribution is 9.10. The Kier molecular flexibility index (Phi) is 5.98. The van der Waals surface area contributed by atoms with Crippen molar-refractivity contribution in [3.05, 3.63) is 28.2 Å². The summed E-state index contributed by atoms with van der Waals surface area (Å²) >= 11 is 6.75. The number of carbonyl (C=O) groups is 1. The fraction of sp³-hybridized carbons (Fsp3) is 0.417. The first-order valence-corrected chi connectivity index (χ1v) is 7.16. The molecule has 0 saturated carbocycles. The first-order chi connectivity index (χ1) is 8.04. The average molecular weight is 365 g/mol. The van der Waals surface area contributed by atoms with E-state index in [9.17, 15) is 9.90 Å². The summed E-state index contributed by atoms with van der Waals surface area (Å²) in [4.78, 5) is 12.1. The number of amides is 1. The Morgan fingerprint density at radius 1 is 1.53 bits per heavy atom. The van der Waals surface area contributed by atoms with Crippen molar-refractivity contribution in [2.24, 2.45) is 0 Å². The summed E-state index contributed by atoms with van der Waals surface area (Å²) in [5.41, 5.74) is 0.288. The van der Waals surface area contributed by atoms with E-state index in [1.54, 1.807) is 12.1 Å². The smallest absolute Gasteiger partial charge is 0.255 e. The number of aromatic hydroxyl groups is 1. The second kappa shape index (κ2) is 7.01. The predicted molar refractivity (Wildman–Crippen MR) is 75.8 cm³/mol. The van der Waals surface area contributed by atoms with Gasteiger partial charge < -0.3 is 10.4 Å². The van der Waals surface area contributed by atoms with Gasteiger partial charge in [0.2, 0.25) is 0 Å². The van der Waals surface area contributed by atoms with Gasteiger partial charge in [-0.2, -0.15) is 0 Å². The predicted octanol–water partition coefficient (Wildman–Crippen LogP) is 3.45. The van der Waals surface area contributed by atoms with Crippen molar-refractivity contribution in [2.45, 2.75) is 24.6 Å². The van der Waals surface area contributed by atoms with Gasteiger partial charge in [-0.1, -0.05) is 45.2 Å². The average Bonchev–Trinajstić information content (AvgIpc) is 2.29. The minimum absolute atomic E-state index is 0.00712. The van der Waals surface area contributed by atoms with E-state index in [0.29, 0.717) is 6.54 Å². The Morgan fingerprint density at radius 2 is 2.24 bits per heavy atom. The normalized spacial score (nSPS) is 12.2. The molecule has 2 N–H and O–H groups in total. The standard InChI is InChI=1S/C12H15Br2NO2/c1-2-3-9(14)7-15-12(17)10-6-8(13)4-5-11(10)16/h4-6,9,16H,2-3,7H2,1H3,(H,15,17). The van der Waals surface area contributed by atoms with Crippen LogP contribution in [-0.4, -0.2) is 22.4 Å². The molecule has 0 radical (unpaired) electrons. The molecule has 17 heavy (non-hydrogen) atoms. The van der Waals surface area contributed by atoms with Crippen molar-refractivity contribution in [1.29, 1.82) is 0 Å². The van der Waals surface area contributed by atoms with Gasteiger partial charge in [-0.25, -0.2) is 0 Å². The first-order valence-electron chi connectivity index (χ1n) is 5.45. The molecule has 1 amide bonds. The summed E-state index contributed by atoms with van der Waals surface area (Å²) in [5, 5.41) is 12.4. The SMILES string of the molecule is CCCC(Br)CNC(=O)c1cc(Br)ccc1O. The number of hydrogen-bond acceptors (Lipinski definition) is 2. The molecule has 0 spiro atoms. The minimum atomic E-state index is -0.260. The third-order valence-electron chi connectivity index (χ3n) is 2.29. The van der Waals surface area contributed by atoms with Gasteiger partial charge in [0.05, 0.1) is 5.56 Å². The summed E-state index contributed by atoms with van der Waals surface area (Å²) in [7, 11) is 0. The lowest BCUT2D eigenvalue weighted by atomic mass is 10.2. The fourth-order valence-electron chi connectivity index (χ4n) is 1.40. The van der Waals surface area contributed by atoms with E-state index in [0.717, 1.165) is 17.3 Å². The molecule has 0 aliphatic rings. The number of nitrogens with one attached hydrogen (secondary N) is 1. The van der Waals surface area contributed by atoms with Gasteiger partial charge in [-0.3, -0.25) is 4.79 Å². The van der Waals surface area contributed by atoms with Gasteiger partial charge in [0.15, 0.2) is 0 Å². The van der Waals surface area contributed by atoms with Crippen LogP contribution in [0.25, 0.3) is 0 Å². The molecular formula is C12H15Br2NO2. The molecule has 1 rings (SSSR count). The highest BCUT2D eigenvalue weighted by Gasteiger charge is 2.12. The van der Waals surface area contributed by atoms with Crippen molar-refractivity contribution < 1.29 is 9.90 Å². The summed E-state index contributed by atoms with van der Waals surface area (Å²) in [6.45, 7) is 2.65. The van der Waals surface area contributed by atoms with Crippen LogP contribution in [0.1, 0.15) is 30.1 Å². The van der Waals surface area contributed by atoms with E-state index in [2.05, 4.69) is 44.1 Å². The number of alkyl halides is 1. The zero-order valence-corrected chi connectivity index (χ0v) is 12.7. The van der Waals surface area contributed by atoms with Crippen molar-refractivity contribution in [2.75, 3.05) is 6.54 Å². The van der Waals surface area contributed by atoms with Crippen LogP contribution in [0.4, 0.5) is 0 Å². The van der Waals surface area contributed by atoms with E-state index >= 15 is 0 Å². The molecule has 0 aliphatic heterocycles. The van der Waals surface area contributed by atoms with Crippen LogP contribution in [0.5, 0.6) is 5.75 Å². The Bertz CT molecular complexity index is 396. The van der Waals surface area contributed by atoms with Crippen LogP contribution >= 0.6 is 31.9 Å². The third kappa shape index (κ3) is 4.68. The molecule has 94 valence electrons. The molecule has 0 fully saturated rings. The highest BCUT2D eigenvalue weighted by Crippen LogP contribution is 2.21. The van der Waals surface area contributed by atoms with Crippen molar-refractivity contribution in [1.82, 2.24) is 5.32 Å². The molecule has 5 heteroatoms. The molecule has 1 unspecified atom stereocenters. The summed E-state index contributed by atoms with van der Waals surface area (Å²) in [5.74, 6) is -0.267. The van der Waals surface area contributed by atoms with Gasteiger partial charge in [0, 0.05) is 15.8 Å². The quantitative estimate of drug-likeness (QED) is 0.786. The molecule has 0 saturated heterocycles. The van der Waals surface area contributed by atoms with E-state index < -0.39 is 0 Å². The maximum Gasteiger partial charge on any atom is 0.255 e. The molecule has 1 aromatic rings. The second-order valence-corrected chi connectivity index (χ2v) is 5.97. The zero-order valence-electron chi connectivity index (χ0n) is 9.54. The Hall–Kier alpha value is -0.550. The van der Waals surface area contributed by atoms with Crippen LogP contribution in [0.2, 0.25) is 0 Å². The maximum absolute atomic E-state index is 11.8. The summed E-state index contributed by atoms with van der Waals surface area (Å²) in [6.07, 6.45) is 2.07. The third-order valence-corrected chi connectivity index (χ3v) is 3.56. The van der Waals surface area contributed by atoms with Gasteiger partial charge in [0.1, 0.15) is 5.75 Å². The monoisotopic (exact) mass is 363 g/mol. The molecule has 1 aromatic carbocycles. The van der Waals surface area contributed by atoms with E-state index in [1.165, 1.54) is 6.07 Å². The molecule has 1 atom stereocenters. The van der Waals surface area contributed by atoms with Crippen LogP contribution in [-0.2, 0) is 0 Å². The topological polar surface area (TPSA) is 49.3 Å². The summed E-state index contributed by atoms with van der Waals surface area (Å²) < 4.78 is 0.768. The molecule has 0 heterocycles. The first kappa shape index (κ1) is 14.5. The second-order valence-electron chi connectivity index (χ2n) is 3.76. The maximum atomic E-state index is 11.8. The van der Waals surface area contributed by atoms with Gasteiger partial charge in [-0.05, 0) is 24.6 Å². The van der Waals surface area contributed by atoms with Crippen molar-refractivity contribution in [3.63, 3.8) is 0 Å². The lowest BCUT2D eigenvalue weighted by Gasteiger charge is -2.11. The molecule has 3 nitrogen and oxygen atoms in total. The molecule has 0 bridgehead atoms. The Balaban J connectivity index is 2.61. The highest BCUT2D eigenvalue weighted by atomic mass is 79.9. The van der Waals surface area contributed by atoms with Gasteiger partial charge in [0.25, 0.3) is 5.91 Å². The minimum Gasteiger partial charge on any atom is -0.507 e. The fourth-order valence-corrected chi connectivity index (χ4v) is 2.38. The van der Waals surface area contributed by atoms with Crippen molar-refractivity contribution >= 4 is 37.8 Å². The largest absolute Gasteiger partial charge is 0.507 e.